The summed E-state index contributed by atoms with van der Waals surface area (Å²) in [4.78, 5) is 21.3. The maximum atomic E-state index is 13.3. The second-order valence-electron chi connectivity index (χ2n) is 6.39. The van der Waals surface area contributed by atoms with Crippen molar-refractivity contribution in [3.8, 4) is 0 Å². The highest BCUT2D eigenvalue weighted by Crippen LogP contribution is 2.24. The van der Waals surface area contributed by atoms with Crippen molar-refractivity contribution >= 4 is 15.9 Å². The van der Waals surface area contributed by atoms with Crippen molar-refractivity contribution in [3.63, 3.8) is 0 Å². The van der Waals surface area contributed by atoms with Crippen LogP contribution in [0.3, 0.4) is 0 Å². The number of H-pyrrole nitrogens is 1. The quantitative estimate of drug-likeness (QED) is 0.823. The highest BCUT2D eigenvalue weighted by atomic mass is 32.2. The molecule has 2 N–H and O–H groups in total. The molecule has 1 aromatic carbocycles. The molecule has 0 radical (unpaired) electrons. The molecule has 26 heavy (non-hydrogen) atoms. The third-order valence-corrected chi connectivity index (χ3v) is 5.93. The Morgan fingerprint density at radius 3 is 2.96 bits per heavy atom. The summed E-state index contributed by atoms with van der Waals surface area (Å²) in [5, 5.41) is 0. The third-order valence-electron chi connectivity index (χ3n) is 4.53. The maximum absolute atomic E-state index is 13.3. The Bertz CT molecular complexity index is 883. The summed E-state index contributed by atoms with van der Waals surface area (Å²) in [5.41, 5.74) is 0.233. The lowest BCUT2D eigenvalue weighted by atomic mass is 9.97. The van der Waals surface area contributed by atoms with Crippen LogP contribution >= 0.6 is 0 Å². The standard InChI is InChI=1S/C17H21FN4O3S/c1-12-9-14(4-5-15(12)18)26(24,25)21-10-16(23)22-8-2-3-13(11-22)17-19-6-7-20-17/h4-7,9,13,21H,2-3,8,10-11H2,1H3,(H,19,20)/t13-/m1/s1. The number of benzene rings is 1. The second-order valence-corrected chi connectivity index (χ2v) is 8.16. The topological polar surface area (TPSA) is 95.2 Å². The molecule has 2 heterocycles. The van der Waals surface area contributed by atoms with Gasteiger partial charge in [0.1, 0.15) is 11.6 Å². The van der Waals surface area contributed by atoms with Crippen LogP contribution in [0.15, 0.2) is 35.5 Å². The normalized spacial score (nSPS) is 18.1. The summed E-state index contributed by atoms with van der Waals surface area (Å²) in [5.74, 6) is 0.199. The van der Waals surface area contributed by atoms with E-state index in [4.69, 9.17) is 0 Å². The summed E-state index contributed by atoms with van der Waals surface area (Å²) in [7, 11) is -3.87. The molecule has 1 aliphatic heterocycles. The number of aryl methyl sites for hydroxylation is 1. The molecule has 2 aromatic rings. The summed E-state index contributed by atoms with van der Waals surface area (Å²) >= 11 is 0. The number of aromatic amines is 1. The lowest BCUT2D eigenvalue weighted by Crippen LogP contribution is -2.44. The van der Waals surface area contributed by atoms with Crippen LogP contribution in [0.2, 0.25) is 0 Å². The monoisotopic (exact) mass is 380 g/mol. The number of nitrogens with one attached hydrogen (secondary N) is 2. The van der Waals surface area contributed by atoms with Crippen LogP contribution in [0.5, 0.6) is 0 Å². The maximum Gasteiger partial charge on any atom is 0.241 e. The molecular formula is C17H21FN4O3S. The van der Waals surface area contributed by atoms with Gasteiger partial charge >= 0.3 is 0 Å². The zero-order valence-corrected chi connectivity index (χ0v) is 15.2. The summed E-state index contributed by atoms with van der Waals surface area (Å²) in [6, 6.07) is 3.53. The van der Waals surface area contributed by atoms with Crippen LogP contribution in [0, 0.1) is 12.7 Å². The minimum absolute atomic E-state index is 0.0590. The average molecular weight is 380 g/mol. The molecule has 0 saturated carbocycles. The van der Waals surface area contributed by atoms with Gasteiger partial charge in [-0.1, -0.05) is 0 Å². The molecule has 0 aliphatic carbocycles. The first-order valence-corrected chi connectivity index (χ1v) is 9.88. The molecule has 1 saturated heterocycles. The molecule has 0 unspecified atom stereocenters. The van der Waals surface area contributed by atoms with E-state index in [2.05, 4.69) is 14.7 Å². The van der Waals surface area contributed by atoms with Crippen molar-refractivity contribution in [1.82, 2.24) is 19.6 Å². The van der Waals surface area contributed by atoms with Crippen molar-refractivity contribution in [2.75, 3.05) is 19.6 Å². The number of halogens is 1. The molecule has 0 bridgehead atoms. The van der Waals surface area contributed by atoms with E-state index in [1.807, 2.05) is 0 Å². The Labute approximate surface area is 151 Å². The van der Waals surface area contributed by atoms with Gasteiger partial charge in [0.05, 0.1) is 11.4 Å². The minimum atomic E-state index is -3.87. The average Bonchev–Trinajstić information content (AvgIpc) is 3.17. The summed E-state index contributed by atoms with van der Waals surface area (Å²) < 4.78 is 40.2. The van der Waals surface area contributed by atoms with E-state index in [-0.39, 0.29) is 28.8 Å². The summed E-state index contributed by atoms with van der Waals surface area (Å²) in [6.45, 7) is 2.25. The summed E-state index contributed by atoms with van der Waals surface area (Å²) in [6.07, 6.45) is 5.18. The number of imidazole rings is 1. The number of hydrogen-bond acceptors (Lipinski definition) is 4. The Kier molecular flexibility index (Phi) is 5.38. The van der Waals surface area contributed by atoms with E-state index in [0.29, 0.717) is 13.1 Å². The largest absolute Gasteiger partial charge is 0.348 e. The zero-order valence-electron chi connectivity index (χ0n) is 14.4. The molecule has 1 aromatic heterocycles. The van der Waals surface area contributed by atoms with E-state index >= 15 is 0 Å². The van der Waals surface area contributed by atoms with Crippen molar-refractivity contribution < 1.29 is 17.6 Å². The fourth-order valence-electron chi connectivity index (χ4n) is 3.06. The fraction of sp³-hybridized carbons (Fsp3) is 0.412. The first kappa shape index (κ1) is 18.5. The number of carbonyl (C=O) groups excluding carboxylic acids is 1. The van der Waals surface area contributed by atoms with Crippen LogP contribution in [0.25, 0.3) is 0 Å². The SMILES string of the molecule is Cc1cc(S(=O)(=O)NCC(=O)N2CCC[C@@H](c3ncc[nH]3)C2)ccc1F. The number of carbonyl (C=O) groups is 1. The molecule has 1 aliphatic rings. The molecule has 7 nitrogen and oxygen atoms in total. The van der Waals surface area contributed by atoms with Crippen molar-refractivity contribution in [2.45, 2.75) is 30.6 Å². The minimum Gasteiger partial charge on any atom is -0.348 e. The van der Waals surface area contributed by atoms with Gasteiger partial charge in [0, 0.05) is 31.4 Å². The molecule has 9 heteroatoms. The Hall–Kier alpha value is -2.26. The first-order valence-electron chi connectivity index (χ1n) is 8.39. The predicted molar refractivity (Wildman–Crippen MR) is 93.5 cm³/mol. The molecule has 1 amide bonds. The second kappa shape index (κ2) is 7.55. The number of sulfonamides is 1. The van der Waals surface area contributed by atoms with Crippen molar-refractivity contribution in [2.24, 2.45) is 0 Å². The Morgan fingerprint density at radius 2 is 2.27 bits per heavy atom. The number of hydrogen-bond donors (Lipinski definition) is 2. The van der Waals surface area contributed by atoms with E-state index in [1.165, 1.54) is 19.1 Å². The number of nitrogens with zero attached hydrogens (tertiary/aromatic N) is 2. The Morgan fingerprint density at radius 1 is 1.46 bits per heavy atom. The van der Waals surface area contributed by atoms with Gasteiger partial charge in [0.15, 0.2) is 0 Å². The molecule has 140 valence electrons. The molecule has 0 spiro atoms. The smallest absolute Gasteiger partial charge is 0.241 e. The number of aromatic nitrogens is 2. The van der Waals surface area contributed by atoms with E-state index in [9.17, 15) is 17.6 Å². The third kappa shape index (κ3) is 4.10. The van der Waals surface area contributed by atoms with Crippen LogP contribution in [-0.2, 0) is 14.8 Å². The fourth-order valence-corrected chi connectivity index (χ4v) is 4.12. The lowest BCUT2D eigenvalue weighted by molar-refractivity contribution is -0.131. The van der Waals surface area contributed by atoms with Gasteiger partial charge in [-0.2, -0.15) is 0 Å². The van der Waals surface area contributed by atoms with Gasteiger partial charge in [-0.25, -0.2) is 22.5 Å². The van der Waals surface area contributed by atoms with Crippen LogP contribution in [0.4, 0.5) is 4.39 Å². The number of piperidine rings is 1. The molecule has 1 fully saturated rings. The van der Waals surface area contributed by atoms with Gasteiger partial charge < -0.3 is 9.88 Å². The van der Waals surface area contributed by atoms with Crippen LogP contribution in [0.1, 0.15) is 30.1 Å². The van der Waals surface area contributed by atoms with Gasteiger partial charge in [-0.15, -0.1) is 0 Å². The highest BCUT2D eigenvalue weighted by Gasteiger charge is 2.27. The van der Waals surface area contributed by atoms with Crippen molar-refractivity contribution in [3.05, 3.63) is 47.8 Å². The lowest BCUT2D eigenvalue weighted by Gasteiger charge is -2.32. The number of likely N-dealkylation sites (tertiary alicyclic amines) is 1. The van der Waals surface area contributed by atoms with E-state index < -0.39 is 15.8 Å². The van der Waals surface area contributed by atoms with Crippen LogP contribution < -0.4 is 4.72 Å². The first-order chi connectivity index (χ1) is 12.4. The van der Waals surface area contributed by atoms with E-state index in [0.717, 1.165) is 24.7 Å². The van der Waals surface area contributed by atoms with E-state index in [1.54, 1.807) is 17.3 Å². The van der Waals surface area contributed by atoms with Crippen molar-refractivity contribution in [1.29, 1.82) is 0 Å². The Balaban J connectivity index is 1.61. The van der Waals surface area contributed by atoms with Gasteiger partial charge in [-0.05, 0) is 43.5 Å². The molecule has 1 atom stereocenters. The van der Waals surface area contributed by atoms with Gasteiger partial charge in [-0.3, -0.25) is 4.79 Å². The molecular weight excluding hydrogens is 359 g/mol. The van der Waals surface area contributed by atoms with Gasteiger partial charge in [0.25, 0.3) is 0 Å². The zero-order chi connectivity index (χ0) is 18.7. The van der Waals surface area contributed by atoms with Crippen LogP contribution in [-0.4, -0.2) is 48.8 Å². The number of rotatable bonds is 5. The number of amides is 1. The predicted octanol–water partition coefficient (Wildman–Crippen LogP) is 1.54. The van der Waals surface area contributed by atoms with Gasteiger partial charge in [0.2, 0.25) is 15.9 Å². The highest BCUT2D eigenvalue weighted by molar-refractivity contribution is 7.89. The molecule has 3 rings (SSSR count).